The zero-order valence-electron chi connectivity index (χ0n) is 12.5. The molecule has 2 aromatic rings. The molecule has 0 spiro atoms. The summed E-state index contributed by atoms with van der Waals surface area (Å²) in [6, 6.07) is 13.3. The maximum atomic E-state index is 6.04. The minimum atomic E-state index is 0.148. The molecule has 1 N–H and O–H groups in total. The van der Waals surface area contributed by atoms with Crippen molar-refractivity contribution in [3.8, 4) is 0 Å². The van der Waals surface area contributed by atoms with E-state index in [1.165, 1.54) is 11.1 Å². The molecule has 20 heavy (non-hydrogen) atoms. The van der Waals surface area contributed by atoms with Crippen LogP contribution in [0.1, 0.15) is 50.9 Å². The Hall–Kier alpha value is -0.830. The SMILES string of the molecule is CC(NC(c1ccccc1)C(C)(C)C)c1csc(Cl)c1. The summed E-state index contributed by atoms with van der Waals surface area (Å²) in [4.78, 5) is 0. The highest BCUT2D eigenvalue weighted by atomic mass is 35.5. The average Bonchev–Trinajstić information content (AvgIpc) is 2.82. The van der Waals surface area contributed by atoms with Crippen LogP contribution in [0.5, 0.6) is 0 Å². The second-order valence-corrected chi connectivity index (χ2v) is 7.82. The van der Waals surface area contributed by atoms with E-state index in [0.717, 1.165) is 4.34 Å². The van der Waals surface area contributed by atoms with E-state index >= 15 is 0 Å². The molecule has 0 saturated heterocycles. The molecule has 0 aliphatic carbocycles. The van der Waals surface area contributed by atoms with Gasteiger partial charge in [-0.25, -0.2) is 0 Å². The lowest BCUT2D eigenvalue weighted by Gasteiger charge is -2.34. The van der Waals surface area contributed by atoms with Crippen molar-refractivity contribution in [2.45, 2.75) is 39.8 Å². The number of hydrogen-bond donors (Lipinski definition) is 1. The van der Waals surface area contributed by atoms with E-state index < -0.39 is 0 Å². The van der Waals surface area contributed by atoms with Crippen molar-refractivity contribution in [2.75, 3.05) is 0 Å². The zero-order valence-corrected chi connectivity index (χ0v) is 14.1. The van der Waals surface area contributed by atoms with Crippen LogP contribution in [-0.4, -0.2) is 0 Å². The molecule has 1 aromatic carbocycles. The van der Waals surface area contributed by atoms with E-state index in [2.05, 4.69) is 74.8 Å². The molecule has 108 valence electrons. The molecule has 2 unspecified atom stereocenters. The van der Waals surface area contributed by atoms with Gasteiger partial charge in [0, 0.05) is 12.1 Å². The second-order valence-electron chi connectivity index (χ2n) is 6.28. The third-order valence-corrected chi connectivity index (χ3v) is 4.61. The molecular weight excluding hydrogens is 286 g/mol. The molecule has 3 heteroatoms. The van der Waals surface area contributed by atoms with Gasteiger partial charge in [0.15, 0.2) is 0 Å². The first-order valence-corrected chi connectivity index (χ1v) is 8.18. The van der Waals surface area contributed by atoms with Crippen LogP contribution in [0, 0.1) is 5.41 Å². The Morgan fingerprint density at radius 1 is 1.10 bits per heavy atom. The van der Waals surface area contributed by atoms with Gasteiger partial charge in [-0.3, -0.25) is 0 Å². The Morgan fingerprint density at radius 3 is 2.25 bits per heavy atom. The van der Waals surface area contributed by atoms with E-state index in [0.29, 0.717) is 6.04 Å². The van der Waals surface area contributed by atoms with Crippen LogP contribution in [0.15, 0.2) is 41.8 Å². The van der Waals surface area contributed by atoms with E-state index in [-0.39, 0.29) is 11.5 Å². The fraction of sp³-hybridized carbons (Fsp3) is 0.412. The van der Waals surface area contributed by atoms with Gasteiger partial charge in [0.25, 0.3) is 0 Å². The summed E-state index contributed by atoms with van der Waals surface area (Å²) >= 11 is 7.63. The van der Waals surface area contributed by atoms with Gasteiger partial charge in [-0.15, -0.1) is 11.3 Å². The number of rotatable bonds is 4. The van der Waals surface area contributed by atoms with E-state index in [1.807, 2.05) is 0 Å². The third kappa shape index (κ3) is 3.85. The maximum absolute atomic E-state index is 6.04. The summed E-state index contributed by atoms with van der Waals surface area (Å²) in [5.74, 6) is 0. The zero-order chi connectivity index (χ0) is 14.8. The number of thiophene rings is 1. The van der Waals surface area contributed by atoms with Gasteiger partial charge in [-0.05, 0) is 34.9 Å². The quantitative estimate of drug-likeness (QED) is 0.748. The first-order valence-electron chi connectivity index (χ1n) is 6.93. The Kier molecular flexibility index (Phi) is 4.90. The number of halogens is 1. The predicted molar refractivity (Wildman–Crippen MR) is 89.5 cm³/mol. The van der Waals surface area contributed by atoms with Crippen LogP contribution in [0.25, 0.3) is 0 Å². The van der Waals surface area contributed by atoms with E-state index in [4.69, 9.17) is 11.6 Å². The molecule has 0 amide bonds. The lowest BCUT2D eigenvalue weighted by atomic mass is 9.82. The molecule has 1 heterocycles. The van der Waals surface area contributed by atoms with Crippen molar-refractivity contribution < 1.29 is 0 Å². The van der Waals surface area contributed by atoms with Gasteiger partial charge >= 0.3 is 0 Å². The van der Waals surface area contributed by atoms with Crippen molar-refractivity contribution in [1.82, 2.24) is 5.32 Å². The van der Waals surface area contributed by atoms with Gasteiger partial charge in [0.05, 0.1) is 4.34 Å². The molecule has 0 aliphatic rings. The van der Waals surface area contributed by atoms with Gasteiger partial charge in [-0.1, -0.05) is 62.7 Å². The molecule has 0 saturated carbocycles. The lowest BCUT2D eigenvalue weighted by Crippen LogP contribution is -2.34. The lowest BCUT2D eigenvalue weighted by molar-refractivity contribution is 0.254. The number of hydrogen-bond acceptors (Lipinski definition) is 2. The number of nitrogens with one attached hydrogen (secondary N) is 1. The van der Waals surface area contributed by atoms with Gasteiger partial charge < -0.3 is 5.32 Å². The van der Waals surface area contributed by atoms with E-state index in [1.54, 1.807) is 11.3 Å². The molecular formula is C17H22ClNS. The van der Waals surface area contributed by atoms with Gasteiger partial charge in [-0.2, -0.15) is 0 Å². The highest BCUT2D eigenvalue weighted by molar-refractivity contribution is 7.14. The van der Waals surface area contributed by atoms with Crippen molar-refractivity contribution in [3.63, 3.8) is 0 Å². The molecule has 0 fully saturated rings. The Morgan fingerprint density at radius 2 is 1.75 bits per heavy atom. The van der Waals surface area contributed by atoms with Crippen molar-refractivity contribution >= 4 is 22.9 Å². The second kappa shape index (κ2) is 6.30. The molecule has 2 atom stereocenters. The summed E-state index contributed by atoms with van der Waals surface area (Å²) in [5, 5.41) is 5.88. The summed E-state index contributed by atoms with van der Waals surface area (Å²) in [5.41, 5.74) is 2.73. The number of benzene rings is 1. The summed E-state index contributed by atoms with van der Waals surface area (Å²) in [6.07, 6.45) is 0. The van der Waals surface area contributed by atoms with Crippen LogP contribution >= 0.6 is 22.9 Å². The maximum Gasteiger partial charge on any atom is 0.0931 e. The topological polar surface area (TPSA) is 12.0 Å². The van der Waals surface area contributed by atoms with Gasteiger partial charge in [0.1, 0.15) is 0 Å². The summed E-state index contributed by atoms with van der Waals surface area (Å²) < 4.78 is 0.848. The third-order valence-electron chi connectivity index (χ3n) is 3.50. The van der Waals surface area contributed by atoms with Crippen LogP contribution in [0.3, 0.4) is 0 Å². The molecule has 2 rings (SSSR count). The highest BCUT2D eigenvalue weighted by Gasteiger charge is 2.27. The monoisotopic (exact) mass is 307 g/mol. The first-order chi connectivity index (χ1) is 9.38. The van der Waals surface area contributed by atoms with Crippen LogP contribution in [-0.2, 0) is 0 Å². The highest BCUT2D eigenvalue weighted by Crippen LogP contribution is 2.35. The largest absolute Gasteiger partial charge is 0.303 e. The van der Waals surface area contributed by atoms with Gasteiger partial charge in [0.2, 0.25) is 0 Å². The molecule has 1 aromatic heterocycles. The van der Waals surface area contributed by atoms with Crippen LogP contribution in [0.2, 0.25) is 4.34 Å². The fourth-order valence-electron chi connectivity index (χ4n) is 2.39. The Balaban J connectivity index is 2.21. The minimum absolute atomic E-state index is 0.148. The Bertz CT molecular complexity index is 542. The molecule has 0 bridgehead atoms. The van der Waals surface area contributed by atoms with Crippen LogP contribution in [0.4, 0.5) is 0 Å². The summed E-state index contributed by atoms with van der Waals surface area (Å²) in [6.45, 7) is 9.00. The molecule has 0 radical (unpaired) electrons. The average molecular weight is 308 g/mol. The van der Waals surface area contributed by atoms with Crippen molar-refractivity contribution in [2.24, 2.45) is 5.41 Å². The normalized spacial score (nSPS) is 15.1. The standard InChI is InChI=1S/C17H22ClNS/c1-12(14-10-15(18)20-11-14)19-16(17(2,3)4)13-8-6-5-7-9-13/h5-12,16,19H,1-4H3. The first kappa shape index (κ1) is 15.6. The summed E-state index contributed by atoms with van der Waals surface area (Å²) in [7, 11) is 0. The Labute approximate surface area is 131 Å². The van der Waals surface area contributed by atoms with Crippen molar-refractivity contribution in [1.29, 1.82) is 0 Å². The molecule has 1 nitrogen and oxygen atoms in total. The fourth-order valence-corrected chi connectivity index (χ4v) is 3.37. The minimum Gasteiger partial charge on any atom is -0.303 e. The predicted octanol–water partition coefficient (Wildman–Crippen LogP) is 5.84. The van der Waals surface area contributed by atoms with Crippen molar-refractivity contribution in [3.05, 3.63) is 57.2 Å². The molecule has 0 aliphatic heterocycles. The smallest absolute Gasteiger partial charge is 0.0931 e. The van der Waals surface area contributed by atoms with E-state index in [9.17, 15) is 0 Å². The van der Waals surface area contributed by atoms with Crippen LogP contribution < -0.4 is 5.32 Å².